The summed E-state index contributed by atoms with van der Waals surface area (Å²) in [5.41, 5.74) is 2.72. The van der Waals surface area contributed by atoms with Gasteiger partial charge in [0.25, 0.3) is 5.91 Å². The fourth-order valence-corrected chi connectivity index (χ4v) is 2.29. The number of aliphatic hydroxyl groups excluding tert-OH is 1. The molecule has 120 valence electrons. The molecule has 1 aliphatic carbocycles. The first-order chi connectivity index (χ1) is 10.4. The Hall–Kier alpha value is -1.88. The van der Waals surface area contributed by atoms with E-state index in [0.717, 1.165) is 24.0 Å². The Kier molecular flexibility index (Phi) is 5.19. The number of benzene rings is 1. The zero-order valence-corrected chi connectivity index (χ0v) is 13.4. The molecule has 1 aromatic rings. The first-order valence-electron chi connectivity index (χ1n) is 7.66. The molecule has 1 unspecified atom stereocenters. The van der Waals surface area contributed by atoms with Crippen molar-refractivity contribution < 1.29 is 14.7 Å². The summed E-state index contributed by atoms with van der Waals surface area (Å²) in [6, 6.07) is 5.46. The van der Waals surface area contributed by atoms with E-state index in [1.165, 1.54) is 4.90 Å². The molecule has 1 aliphatic rings. The molecule has 1 saturated carbocycles. The number of aliphatic hydroxyl groups is 1. The second-order valence-electron chi connectivity index (χ2n) is 6.16. The molecule has 0 heterocycles. The van der Waals surface area contributed by atoms with Crippen LogP contribution in [0.2, 0.25) is 0 Å². The van der Waals surface area contributed by atoms with Crippen molar-refractivity contribution >= 4 is 11.8 Å². The van der Waals surface area contributed by atoms with Gasteiger partial charge in [-0.2, -0.15) is 0 Å². The number of aryl methyl sites for hydroxylation is 2. The quantitative estimate of drug-likeness (QED) is 0.831. The lowest BCUT2D eigenvalue weighted by molar-refractivity contribution is -0.130. The van der Waals surface area contributed by atoms with Crippen LogP contribution >= 0.6 is 0 Å². The van der Waals surface area contributed by atoms with E-state index in [9.17, 15) is 14.7 Å². The smallest absolute Gasteiger partial charge is 0.251 e. The summed E-state index contributed by atoms with van der Waals surface area (Å²) in [6.45, 7) is 4.20. The number of hydrogen-bond acceptors (Lipinski definition) is 3. The maximum absolute atomic E-state index is 12.0. The number of rotatable bonds is 6. The number of nitrogens with one attached hydrogen (secondary N) is 1. The van der Waals surface area contributed by atoms with Crippen LogP contribution in [0.15, 0.2) is 18.2 Å². The summed E-state index contributed by atoms with van der Waals surface area (Å²) < 4.78 is 0. The molecule has 1 atom stereocenters. The van der Waals surface area contributed by atoms with E-state index in [4.69, 9.17) is 0 Å². The second kappa shape index (κ2) is 6.92. The Morgan fingerprint density at radius 2 is 2.00 bits per heavy atom. The third-order valence-corrected chi connectivity index (χ3v) is 4.22. The lowest BCUT2D eigenvalue weighted by atomic mass is 10.1. The van der Waals surface area contributed by atoms with Gasteiger partial charge >= 0.3 is 0 Å². The van der Waals surface area contributed by atoms with Crippen molar-refractivity contribution in [1.29, 1.82) is 0 Å². The Morgan fingerprint density at radius 1 is 1.32 bits per heavy atom. The largest absolute Gasteiger partial charge is 0.391 e. The van der Waals surface area contributed by atoms with Crippen LogP contribution in [0.1, 0.15) is 34.3 Å². The molecule has 0 saturated heterocycles. The van der Waals surface area contributed by atoms with Gasteiger partial charge in [-0.25, -0.2) is 0 Å². The van der Waals surface area contributed by atoms with Crippen molar-refractivity contribution in [2.24, 2.45) is 5.92 Å². The topological polar surface area (TPSA) is 69.6 Å². The van der Waals surface area contributed by atoms with Gasteiger partial charge in [0.15, 0.2) is 0 Å². The Morgan fingerprint density at radius 3 is 2.59 bits per heavy atom. The molecule has 5 heteroatoms. The van der Waals surface area contributed by atoms with Gasteiger partial charge in [0.05, 0.1) is 12.6 Å². The van der Waals surface area contributed by atoms with Crippen LogP contribution in [0.3, 0.4) is 0 Å². The molecule has 0 aliphatic heterocycles. The van der Waals surface area contributed by atoms with Crippen LogP contribution in [0.25, 0.3) is 0 Å². The summed E-state index contributed by atoms with van der Waals surface area (Å²) >= 11 is 0. The van der Waals surface area contributed by atoms with E-state index in [1.807, 2.05) is 26.0 Å². The van der Waals surface area contributed by atoms with Crippen LogP contribution in [0.4, 0.5) is 0 Å². The van der Waals surface area contributed by atoms with Crippen molar-refractivity contribution in [3.05, 3.63) is 34.9 Å². The van der Waals surface area contributed by atoms with E-state index in [0.29, 0.717) is 18.0 Å². The van der Waals surface area contributed by atoms with Gasteiger partial charge in [-0.3, -0.25) is 9.59 Å². The summed E-state index contributed by atoms with van der Waals surface area (Å²) in [5.74, 6) is -0.121. The molecule has 22 heavy (non-hydrogen) atoms. The maximum atomic E-state index is 12.0. The lowest BCUT2D eigenvalue weighted by Crippen LogP contribution is -2.41. The van der Waals surface area contributed by atoms with Crippen LogP contribution in [-0.4, -0.2) is 48.1 Å². The van der Waals surface area contributed by atoms with Gasteiger partial charge in [0.1, 0.15) is 0 Å². The van der Waals surface area contributed by atoms with Crippen molar-refractivity contribution in [2.45, 2.75) is 32.8 Å². The molecule has 5 nitrogen and oxygen atoms in total. The summed E-state index contributed by atoms with van der Waals surface area (Å²) in [7, 11) is 1.65. The summed E-state index contributed by atoms with van der Waals surface area (Å²) in [5, 5.41) is 12.5. The van der Waals surface area contributed by atoms with Crippen molar-refractivity contribution in [2.75, 3.05) is 20.1 Å². The third-order valence-electron chi connectivity index (χ3n) is 4.22. The molecule has 0 bridgehead atoms. The zero-order chi connectivity index (χ0) is 16.3. The number of nitrogens with zero attached hydrogens (tertiary/aromatic N) is 1. The monoisotopic (exact) mass is 304 g/mol. The fraction of sp³-hybridized carbons (Fsp3) is 0.529. The number of hydrogen-bond donors (Lipinski definition) is 2. The predicted octanol–water partition coefficient (Wildman–Crippen LogP) is 1.26. The van der Waals surface area contributed by atoms with Crippen LogP contribution in [0, 0.1) is 19.8 Å². The minimum absolute atomic E-state index is 0.0559. The normalized spacial score (nSPS) is 15.3. The van der Waals surface area contributed by atoms with Gasteiger partial charge in [0, 0.05) is 19.2 Å². The number of carbonyl (C=O) groups excluding carboxylic acids is 2. The van der Waals surface area contributed by atoms with Crippen molar-refractivity contribution in [1.82, 2.24) is 10.2 Å². The molecule has 2 N–H and O–H groups in total. The van der Waals surface area contributed by atoms with E-state index in [2.05, 4.69) is 5.32 Å². The van der Waals surface area contributed by atoms with Gasteiger partial charge in [0.2, 0.25) is 5.91 Å². The highest BCUT2D eigenvalue weighted by atomic mass is 16.3. The highest BCUT2D eigenvalue weighted by Gasteiger charge is 2.31. The van der Waals surface area contributed by atoms with Gasteiger partial charge < -0.3 is 15.3 Å². The van der Waals surface area contributed by atoms with Crippen LogP contribution in [0.5, 0.6) is 0 Å². The molecule has 2 amide bonds. The lowest BCUT2D eigenvalue weighted by Gasteiger charge is -2.21. The number of carbonyl (C=O) groups is 2. The Labute approximate surface area is 131 Å². The van der Waals surface area contributed by atoms with Gasteiger partial charge in [-0.05, 0) is 55.9 Å². The van der Waals surface area contributed by atoms with E-state index in [1.54, 1.807) is 13.1 Å². The molecule has 1 aromatic carbocycles. The highest BCUT2D eigenvalue weighted by Crippen LogP contribution is 2.32. The SMILES string of the molecule is Cc1ccc(C(=O)NCC(=O)N(C)CC(O)C2CC2)cc1C. The van der Waals surface area contributed by atoms with Gasteiger partial charge in [-0.1, -0.05) is 6.07 Å². The average Bonchev–Trinajstić information content (AvgIpc) is 3.31. The van der Waals surface area contributed by atoms with Gasteiger partial charge in [-0.15, -0.1) is 0 Å². The fourth-order valence-electron chi connectivity index (χ4n) is 2.29. The molecule has 1 fully saturated rings. The van der Waals surface area contributed by atoms with Crippen LogP contribution in [-0.2, 0) is 4.79 Å². The molecule has 0 radical (unpaired) electrons. The van der Waals surface area contributed by atoms with Crippen molar-refractivity contribution in [3.8, 4) is 0 Å². The first kappa shape index (κ1) is 16.5. The minimum atomic E-state index is -0.454. The molecule has 2 rings (SSSR count). The Bertz CT molecular complexity index is 567. The van der Waals surface area contributed by atoms with E-state index < -0.39 is 6.10 Å². The first-order valence-corrected chi connectivity index (χ1v) is 7.66. The molecule has 0 aromatic heterocycles. The number of likely N-dealkylation sites (N-methyl/N-ethyl adjacent to an activating group) is 1. The van der Waals surface area contributed by atoms with Crippen molar-refractivity contribution in [3.63, 3.8) is 0 Å². The summed E-state index contributed by atoms with van der Waals surface area (Å²) in [4.78, 5) is 25.5. The average molecular weight is 304 g/mol. The molecule has 0 spiro atoms. The van der Waals surface area contributed by atoms with E-state index >= 15 is 0 Å². The minimum Gasteiger partial charge on any atom is -0.391 e. The molecular weight excluding hydrogens is 280 g/mol. The van der Waals surface area contributed by atoms with E-state index in [-0.39, 0.29) is 18.4 Å². The van der Waals surface area contributed by atoms with Crippen LogP contribution < -0.4 is 5.32 Å². The maximum Gasteiger partial charge on any atom is 0.251 e. The summed E-state index contributed by atoms with van der Waals surface area (Å²) in [6.07, 6.45) is 1.61. The predicted molar refractivity (Wildman–Crippen MR) is 84.6 cm³/mol. The third kappa shape index (κ3) is 4.31. The zero-order valence-electron chi connectivity index (χ0n) is 13.4. The molecular formula is C17H24N2O3. The Balaban J connectivity index is 1.81. The highest BCUT2D eigenvalue weighted by molar-refractivity contribution is 5.96. The number of amides is 2. The standard InChI is InChI=1S/C17H24N2O3/c1-11-4-5-14(8-12(11)2)17(22)18-9-16(21)19(3)10-15(20)13-6-7-13/h4-5,8,13,15,20H,6-7,9-10H2,1-3H3,(H,18,22). The second-order valence-corrected chi connectivity index (χ2v) is 6.16.